The van der Waals surface area contributed by atoms with Crippen LogP contribution in [0.4, 0.5) is 4.79 Å². The Labute approximate surface area is 159 Å². The minimum Gasteiger partial charge on any atom is -0.454 e. The molecular weight excluding hydrogens is 346 g/mol. The van der Waals surface area contributed by atoms with Crippen LogP contribution in [0.25, 0.3) is 0 Å². The summed E-state index contributed by atoms with van der Waals surface area (Å²) in [5.74, 6) is 1.13. The van der Waals surface area contributed by atoms with Crippen molar-refractivity contribution < 1.29 is 19.1 Å². The average molecular weight is 373 g/mol. The van der Waals surface area contributed by atoms with Gasteiger partial charge in [-0.05, 0) is 56.8 Å². The van der Waals surface area contributed by atoms with Crippen LogP contribution in [0.15, 0.2) is 29.8 Å². The summed E-state index contributed by atoms with van der Waals surface area (Å²) in [4.78, 5) is 25.7. The number of imide groups is 1. The summed E-state index contributed by atoms with van der Waals surface area (Å²) >= 11 is 0. The second-order valence-corrected chi connectivity index (χ2v) is 7.02. The predicted octanol–water partition coefficient (Wildman–Crippen LogP) is 2.56. The van der Waals surface area contributed by atoms with Gasteiger partial charge >= 0.3 is 6.03 Å². The number of carbonyl (C=O) groups is 2. The largest absolute Gasteiger partial charge is 0.454 e. The Kier molecular flexibility index (Phi) is 6.70. The van der Waals surface area contributed by atoms with E-state index in [9.17, 15) is 9.59 Å². The van der Waals surface area contributed by atoms with Crippen LogP contribution in [0.2, 0.25) is 0 Å². The third-order valence-corrected chi connectivity index (χ3v) is 4.67. The van der Waals surface area contributed by atoms with Crippen LogP contribution in [0.1, 0.15) is 37.7 Å². The molecule has 1 aliphatic carbocycles. The third-order valence-electron chi connectivity index (χ3n) is 4.67. The maximum absolute atomic E-state index is 12.0. The lowest BCUT2D eigenvalue weighted by Crippen LogP contribution is -2.43. The summed E-state index contributed by atoms with van der Waals surface area (Å²) in [6.07, 6.45) is 7.85. The van der Waals surface area contributed by atoms with Crippen molar-refractivity contribution in [2.75, 3.05) is 26.9 Å². The Balaban J connectivity index is 1.35. The molecule has 7 heteroatoms. The maximum Gasteiger partial charge on any atom is 0.321 e. The lowest BCUT2D eigenvalue weighted by atomic mass is 9.97. The molecule has 0 atom stereocenters. The van der Waals surface area contributed by atoms with E-state index in [1.165, 1.54) is 18.4 Å². The minimum absolute atomic E-state index is 0.132. The van der Waals surface area contributed by atoms with E-state index in [-0.39, 0.29) is 19.2 Å². The number of fused-ring (bicyclic) bond motifs is 1. The molecule has 0 saturated carbocycles. The first-order valence-electron chi connectivity index (χ1n) is 9.43. The molecule has 0 fully saturated rings. The van der Waals surface area contributed by atoms with Crippen molar-refractivity contribution in [3.05, 3.63) is 35.4 Å². The topological polar surface area (TPSA) is 79.9 Å². The Hall–Kier alpha value is -2.54. The molecule has 0 aromatic heterocycles. The van der Waals surface area contributed by atoms with E-state index >= 15 is 0 Å². The van der Waals surface area contributed by atoms with Gasteiger partial charge in [0.1, 0.15) is 0 Å². The Bertz CT molecular complexity index is 717. The third kappa shape index (κ3) is 5.99. The van der Waals surface area contributed by atoms with Gasteiger partial charge in [0.2, 0.25) is 12.7 Å². The van der Waals surface area contributed by atoms with E-state index < -0.39 is 6.03 Å². The van der Waals surface area contributed by atoms with Crippen LogP contribution >= 0.6 is 0 Å². The van der Waals surface area contributed by atoms with Gasteiger partial charge in [0.05, 0.1) is 6.54 Å². The van der Waals surface area contributed by atoms with Crippen LogP contribution in [-0.4, -0.2) is 43.8 Å². The van der Waals surface area contributed by atoms with Crippen molar-refractivity contribution in [2.45, 2.75) is 38.6 Å². The number of urea groups is 1. The van der Waals surface area contributed by atoms with Gasteiger partial charge in [-0.15, -0.1) is 0 Å². The molecule has 1 aliphatic heterocycles. The molecule has 27 heavy (non-hydrogen) atoms. The first kappa shape index (κ1) is 19.2. The van der Waals surface area contributed by atoms with Gasteiger partial charge in [0.25, 0.3) is 0 Å². The predicted molar refractivity (Wildman–Crippen MR) is 102 cm³/mol. The molecule has 0 bridgehead atoms. The van der Waals surface area contributed by atoms with E-state index in [0.717, 1.165) is 36.3 Å². The van der Waals surface area contributed by atoms with E-state index in [0.29, 0.717) is 13.1 Å². The smallest absolute Gasteiger partial charge is 0.321 e. The van der Waals surface area contributed by atoms with Crippen molar-refractivity contribution in [2.24, 2.45) is 0 Å². The van der Waals surface area contributed by atoms with Crippen LogP contribution in [0, 0.1) is 0 Å². The first-order chi connectivity index (χ1) is 13.1. The fourth-order valence-electron chi connectivity index (χ4n) is 3.33. The van der Waals surface area contributed by atoms with Gasteiger partial charge in [-0.1, -0.05) is 17.7 Å². The van der Waals surface area contributed by atoms with E-state index in [2.05, 4.69) is 16.7 Å². The molecule has 3 rings (SSSR count). The highest BCUT2D eigenvalue weighted by atomic mass is 16.7. The quantitative estimate of drug-likeness (QED) is 0.718. The lowest BCUT2D eigenvalue weighted by molar-refractivity contribution is -0.120. The fourth-order valence-corrected chi connectivity index (χ4v) is 3.33. The van der Waals surface area contributed by atoms with Gasteiger partial charge in [-0.25, -0.2) is 4.79 Å². The molecular formula is C20H27N3O4. The zero-order valence-corrected chi connectivity index (χ0v) is 15.8. The SMILES string of the molecule is CN(CC(=O)NC(=O)NCCC1=CCCCC1)Cc1ccc2c(c1)OCO2. The number of benzene rings is 1. The number of amides is 3. The molecule has 0 unspecified atom stereocenters. The number of nitrogens with one attached hydrogen (secondary N) is 2. The van der Waals surface area contributed by atoms with Gasteiger partial charge in [-0.3, -0.25) is 15.0 Å². The van der Waals surface area contributed by atoms with Gasteiger partial charge in [-0.2, -0.15) is 0 Å². The summed E-state index contributed by atoms with van der Waals surface area (Å²) in [5, 5.41) is 5.13. The van der Waals surface area contributed by atoms with Crippen molar-refractivity contribution in [1.29, 1.82) is 0 Å². The summed E-state index contributed by atoms with van der Waals surface area (Å²) in [7, 11) is 1.83. The van der Waals surface area contributed by atoms with Crippen LogP contribution in [0.3, 0.4) is 0 Å². The van der Waals surface area contributed by atoms with E-state index in [4.69, 9.17) is 9.47 Å². The fraction of sp³-hybridized carbons (Fsp3) is 0.500. The van der Waals surface area contributed by atoms with Gasteiger partial charge in [0, 0.05) is 13.1 Å². The number of nitrogens with zero attached hydrogens (tertiary/aromatic N) is 1. The molecule has 2 aliphatic rings. The number of allylic oxidation sites excluding steroid dienone is 1. The number of hydrogen-bond acceptors (Lipinski definition) is 5. The number of ether oxygens (including phenoxy) is 2. The van der Waals surface area contributed by atoms with Gasteiger partial charge in [0.15, 0.2) is 11.5 Å². The molecule has 146 valence electrons. The average Bonchev–Trinajstić information content (AvgIpc) is 3.10. The number of hydrogen-bond donors (Lipinski definition) is 2. The molecule has 2 N–H and O–H groups in total. The van der Waals surface area contributed by atoms with E-state index in [1.54, 1.807) is 0 Å². The maximum atomic E-state index is 12.0. The first-order valence-corrected chi connectivity index (χ1v) is 9.43. The second-order valence-electron chi connectivity index (χ2n) is 7.02. The monoisotopic (exact) mass is 373 g/mol. The highest BCUT2D eigenvalue weighted by Gasteiger charge is 2.15. The molecule has 3 amide bonds. The number of carbonyl (C=O) groups excluding carboxylic acids is 2. The molecule has 1 aromatic rings. The summed E-state index contributed by atoms with van der Waals surface area (Å²) in [5.41, 5.74) is 2.41. The lowest BCUT2D eigenvalue weighted by Gasteiger charge is -2.17. The number of likely N-dealkylation sites (N-methyl/N-ethyl adjacent to an activating group) is 1. The second kappa shape index (κ2) is 9.41. The van der Waals surface area contributed by atoms with Crippen LogP contribution < -0.4 is 20.1 Å². The molecule has 1 heterocycles. The zero-order chi connectivity index (χ0) is 19.1. The minimum atomic E-state index is -0.437. The van der Waals surface area contributed by atoms with Crippen LogP contribution in [-0.2, 0) is 11.3 Å². The highest BCUT2D eigenvalue weighted by molar-refractivity contribution is 5.95. The molecule has 1 aromatic carbocycles. The van der Waals surface area contributed by atoms with Crippen molar-refractivity contribution in [1.82, 2.24) is 15.5 Å². The summed E-state index contributed by atoms with van der Waals surface area (Å²) in [6.45, 7) is 1.49. The van der Waals surface area contributed by atoms with Crippen molar-refractivity contribution >= 4 is 11.9 Å². The van der Waals surface area contributed by atoms with Crippen molar-refractivity contribution in [3.63, 3.8) is 0 Å². The Morgan fingerprint density at radius 2 is 2.04 bits per heavy atom. The number of rotatable bonds is 7. The summed E-state index contributed by atoms with van der Waals surface area (Å²) < 4.78 is 10.6. The normalized spacial score (nSPS) is 15.4. The molecule has 0 spiro atoms. The van der Waals surface area contributed by atoms with Crippen molar-refractivity contribution in [3.8, 4) is 11.5 Å². The van der Waals surface area contributed by atoms with E-state index in [1.807, 2.05) is 30.1 Å². The molecule has 7 nitrogen and oxygen atoms in total. The zero-order valence-electron chi connectivity index (χ0n) is 15.8. The molecule has 0 radical (unpaired) electrons. The van der Waals surface area contributed by atoms with Crippen LogP contribution in [0.5, 0.6) is 11.5 Å². The Morgan fingerprint density at radius 1 is 1.19 bits per heavy atom. The summed E-state index contributed by atoms with van der Waals surface area (Å²) in [6, 6.07) is 5.27. The Morgan fingerprint density at radius 3 is 2.85 bits per heavy atom. The molecule has 0 saturated heterocycles. The standard InChI is InChI=1S/C20H27N3O4/c1-23(12-16-7-8-17-18(11-16)27-14-26-17)13-19(24)22-20(25)21-10-9-15-5-3-2-4-6-15/h5,7-8,11H,2-4,6,9-10,12-14H2,1H3,(H2,21,22,24,25). The highest BCUT2D eigenvalue weighted by Crippen LogP contribution is 2.32. The van der Waals surface area contributed by atoms with Gasteiger partial charge < -0.3 is 14.8 Å².